The maximum Gasteiger partial charge on any atom is 0.261 e. The molecule has 6 heteroatoms. The van der Waals surface area contributed by atoms with Gasteiger partial charge >= 0.3 is 0 Å². The third-order valence-corrected chi connectivity index (χ3v) is 6.38. The monoisotopic (exact) mass is 386 g/mol. The fourth-order valence-corrected chi connectivity index (χ4v) is 4.46. The Bertz CT molecular complexity index is 936. The number of carbonyl (C=O) groups excluding carboxylic acids is 1. The highest BCUT2D eigenvalue weighted by Gasteiger charge is 2.25. The van der Waals surface area contributed by atoms with E-state index in [4.69, 9.17) is 0 Å². The average molecular weight is 387 g/mol. The van der Waals surface area contributed by atoms with Gasteiger partial charge in [-0.05, 0) is 62.4 Å². The lowest BCUT2D eigenvalue weighted by Gasteiger charge is -2.31. The number of hydrogen-bond acceptors (Lipinski definition) is 3. The number of sulfonamides is 1. The molecule has 1 amide bonds. The van der Waals surface area contributed by atoms with Gasteiger partial charge in [0.25, 0.3) is 15.9 Å². The maximum atomic E-state index is 13.0. The summed E-state index contributed by atoms with van der Waals surface area (Å²) in [6.07, 6.45) is 2.11. The van der Waals surface area contributed by atoms with Crippen LogP contribution in [-0.4, -0.2) is 32.3 Å². The lowest BCUT2D eigenvalue weighted by Crippen LogP contribution is -2.39. The molecule has 144 valence electrons. The van der Waals surface area contributed by atoms with Crippen molar-refractivity contribution in [3.63, 3.8) is 0 Å². The smallest absolute Gasteiger partial charge is 0.261 e. The first-order valence-corrected chi connectivity index (χ1v) is 10.7. The van der Waals surface area contributed by atoms with Crippen LogP contribution in [0.1, 0.15) is 41.3 Å². The summed E-state index contributed by atoms with van der Waals surface area (Å²) in [5.74, 6) is 0.379. The van der Waals surface area contributed by atoms with Gasteiger partial charge < -0.3 is 4.90 Å². The molecule has 0 radical (unpaired) electrons. The van der Waals surface area contributed by atoms with Crippen molar-refractivity contribution < 1.29 is 13.2 Å². The van der Waals surface area contributed by atoms with Crippen molar-refractivity contribution in [3.8, 4) is 0 Å². The van der Waals surface area contributed by atoms with Crippen LogP contribution in [0.15, 0.2) is 47.4 Å². The van der Waals surface area contributed by atoms with Gasteiger partial charge in [0.2, 0.25) is 0 Å². The predicted octanol–water partition coefficient (Wildman–Crippen LogP) is 3.98. The number of aryl methyl sites for hydroxylation is 2. The van der Waals surface area contributed by atoms with Crippen molar-refractivity contribution in [2.24, 2.45) is 5.92 Å². The molecule has 1 fully saturated rings. The van der Waals surface area contributed by atoms with Crippen LogP contribution in [0.4, 0.5) is 5.69 Å². The number of amides is 1. The summed E-state index contributed by atoms with van der Waals surface area (Å²) in [7, 11) is -3.76. The van der Waals surface area contributed by atoms with E-state index in [1.165, 1.54) is 6.07 Å². The first kappa shape index (κ1) is 19.4. The number of anilines is 1. The molecule has 3 rings (SSSR count). The molecule has 5 nitrogen and oxygen atoms in total. The Morgan fingerprint density at radius 3 is 2.48 bits per heavy atom. The molecular weight excluding hydrogens is 360 g/mol. The minimum atomic E-state index is -3.76. The van der Waals surface area contributed by atoms with Crippen LogP contribution in [0.2, 0.25) is 0 Å². The van der Waals surface area contributed by atoms with Gasteiger partial charge in [-0.2, -0.15) is 0 Å². The number of hydrogen-bond donors (Lipinski definition) is 1. The van der Waals surface area contributed by atoms with E-state index < -0.39 is 10.0 Å². The van der Waals surface area contributed by atoms with Crippen LogP contribution in [0.25, 0.3) is 0 Å². The van der Waals surface area contributed by atoms with Crippen LogP contribution in [0, 0.1) is 19.8 Å². The van der Waals surface area contributed by atoms with Gasteiger partial charge in [0.1, 0.15) is 0 Å². The lowest BCUT2D eigenvalue weighted by molar-refractivity contribution is 0.0682. The predicted molar refractivity (Wildman–Crippen MR) is 107 cm³/mol. The van der Waals surface area contributed by atoms with E-state index in [1.54, 1.807) is 24.3 Å². The Balaban J connectivity index is 1.87. The van der Waals surface area contributed by atoms with Gasteiger partial charge in [0.15, 0.2) is 0 Å². The molecule has 1 aliphatic rings. The Hall–Kier alpha value is -2.34. The zero-order valence-electron chi connectivity index (χ0n) is 16.0. The Morgan fingerprint density at radius 2 is 1.81 bits per heavy atom. The van der Waals surface area contributed by atoms with E-state index in [-0.39, 0.29) is 10.8 Å². The van der Waals surface area contributed by atoms with E-state index >= 15 is 0 Å². The fourth-order valence-electron chi connectivity index (χ4n) is 3.38. The van der Waals surface area contributed by atoms with Crippen LogP contribution in [0.3, 0.4) is 0 Å². The van der Waals surface area contributed by atoms with Gasteiger partial charge in [-0.25, -0.2) is 8.42 Å². The quantitative estimate of drug-likeness (QED) is 0.864. The zero-order valence-corrected chi connectivity index (χ0v) is 16.8. The lowest BCUT2D eigenvalue weighted by atomic mass is 9.99. The minimum Gasteiger partial charge on any atom is -0.338 e. The number of likely N-dealkylation sites (tertiary alicyclic amines) is 1. The van der Waals surface area contributed by atoms with E-state index in [0.29, 0.717) is 17.2 Å². The summed E-state index contributed by atoms with van der Waals surface area (Å²) in [5.41, 5.74) is 2.79. The van der Waals surface area contributed by atoms with Crippen molar-refractivity contribution in [1.82, 2.24) is 4.90 Å². The van der Waals surface area contributed by atoms with Crippen LogP contribution >= 0.6 is 0 Å². The van der Waals surface area contributed by atoms with Gasteiger partial charge in [0.05, 0.1) is 4.90 Å². The van der Waals surface area contributed by atoms with E-state index in [2.05, 4.69) is 11.6 Å². The molecule has 0 unspecified atom stereocenters. The summed E-state index contributed by atoms with van der Waals surface area (Å²) < 4.78 is 28.1. The maximum absolute atomic E-state index is 13.0. The van der Waals surface area contributed by atoms with E-state index in [1.807, 2.05) is 30.9 Å². The Morgan fingerprint density at radius 1 is 1.11 bits per heavy atom. The molecule has 0 saturated carbocycles. The van der Waals surface area contributed by atoms with Crippen molar-refractivity contribution in [2.45, 2.75) is 38.5 Å². The molecule has 0 aliphatic carbocycles. The first-order chi connectivity index (χ1) is 12.8. The van der Waals surface area contributed by atoms with Crippen LogP contribution in [0.5, 0.6) is 0 Å². The first-order valence-electron chi connectivity index (χ1n) is 9.26. The normalized spacial score (nSPS) is 17.6. The highest BCUT2D eigenvalue weighted by Crippen LogP contribution is 2.23. The van der Waals surface area contributed by atoms with Crippen molar-refractivity contribution >= 4 is 21.6 Å². The zero-order chi connectivity index (χ0) is 19.6. The Kier molecular flexibility index (Phi) is 5.56. The number of nitrogens with one attached hydrogen (secondary N) is 1. The molecule has 27 heavy (non-hydrogen) atoms. The standard InChI is InChI=1S/C21H26N2O3S/c1-15-6-9-18(10-7-15)22-27(25,26)19-11-8-17(3)20(13-19)21(24)23-12-4-5-16(2)14-23/h6-11,13,16,22H,4-5,12,14H2,1-3H3/t16-/m1/s1. The summed E-state index contributed by atoms with van der Waals surface area (Å²) in [6, 6.07) is 11.9. The number of benzene rings is 2. The third-order valence-electron chi connectivity index (χ3n) is 5.00. The van der Waals surface area contributed by atoms with Gasteiger partial charge in [0, 0.05) is 24.3 Å². The number of nitrogens with zero attached hydrogens (tertiary/aromatic N) is 1. The third kappa shape index (κ3) is 4.50. The van der Waals surface area contributed by atoms with Gasteiger partial charge in [-0.15, -0.1) is 0 Å². The minimum absolute atomic E-state index is 0.0913. The molecule has 2 aromatic rings. The van der Waals surface area contributed by atoms with Crippen molar-refractivity contribution in [1.29, 1.82) is 0 Å². The van der Waals surface area contributed by atoms with Crippen LogP contribution < -0.4 is 4.72 Å². The molecule has 1 aliphatic heterocycles. The highest BCUT2D eigenvalue weighted by atomic mass is 32.2. The number of carbonyl (C=O) groups is 1. The largest absolute Gasteiger partial charge is 0.338 e. The molecule has 1 heterocycles. The van der Waals surface area contributed by atoms with Gasteiger partial charge in [-0.1, -0.05) is 30.7 Å². The molecule has 1 atom stereocenters. The second-order valence-corrected chi connectivity index (χ2v) is 9.13. The van der Waals surface area contributed by atoms with Gasteiger partial charge in [-0.3, -0.25) is 9.52 Å². The SMILES string of the molecule is Cc1ccc(NS(=O)(=O)c2ccc(C)c(C(=O)N3CCC[C@@H](C)C3)c2)cc1. The molecule has 0 aromatic heterocycles. The number of rotatable bonds is 4. The van der Waals surface area contributed by atoms with E-state index in [0.717, 1.165) is 37.1 Å². The molecule has 0 bridgehead atoms. The Labute approximate surface area is 161 Å². The molecular formula is C21H26N2O3S. The molecule has 1 N–H and O–H groups in total. The second-order valence-electron chi connectivity index (χ2n) is 7.45. The van der Waals surface area contributed by atoms with Crippen molar-refractivity contribution in [2.75, 3.05) is 17.8 Å². The summed E-state index contributed by atoms with van der Waals surface area (Å²) in [5, 5.41) is 0. The topological polar surface area (TPSA) is 66.5 Å². The summed E-state index contributed by atoms with van der Waals surface area (Å²) in [4.78, 5) is 14.9. The average Bonchev–Trinajstić information content (AvgIpc) is 2.63. The molecule has 1 saturated heterocycles. The number of piperidine rings is 1. The van der Waals surface area contributed by atoms with E-state index in [9.17, 15) is 13.2 Å². The molecule has 2 aromatic carbocycles. The fraction of sp³-hybridized carbons (Fsp3) is 0.381. The van der Waals surface area contributed by atoms with Crippen molar-refractivity contribution in [3.05, 3.63) is 59.2 Å². The summed E-state index contributed by atoms with van der Waals surface area (Å²) >= 11 is 0. The highest BCUT2D eigenvalue weighted by molar-refractivity contribution is 7.92. The second kappa shape index (κ2) is 7.72. The molecule has 0 spiro atoms. The van der Waals surface area contributed by atoms with Crippen LogP contribution in [-0.2, 0) is 10.0 Å². The summed E-state index contributed by atoms with van der Waals surface area (Å²) in [6.45, 7) is 7.36.